The van der Waals surface area contributed by atoms with Crippen LogP contribution in [-0.4, -0.2) is 38.8 Å². The molecule has 5 nitrogen and oxygen atoms in total. The van der Waals surface area contributed by atoms with Gasteiger partial charge in [0.15, 0.2) is 11.5 Å². The predicted molar refractivity (Wildman–Crippen MR) is 125 cm³/mol. The van der Waals surface area contributed by atoms with E-state index in [0.29, 0.717) is 5.75 Å². The summed E-state index contributed by atoms with van der Waals surface area (Å²) in [5, 5.41) is 1.35. The molecule has 0 saturated heterocycles. The number of furan rings is 1. The molecule has 162 valence electrons. The predicted octanol–water partition coefficient (Wildman–Crippen LogP) is 4.46. The Kier molecular flexibility index (Phi) is 6.80. The van der Waals surface area contributed by atoms with Gasteiger partial charge in [-0.25, -0.2) is 0 Å². The summed E-state index contributed by atoms with van der Waals surface area (Å²) < 4.78 is 10.5. The zero-order chi connectivity index (χ0) is 22.6. The summed E-state index contributed by atoms with van der Waals surface area (Å²) in [6, 6.07) is 18.0. The van der Waals surface area contributed by atoms with Crippen LogP contribution < -0.4 is 9.92 Å². The van der Waals surface area contributed by atoms with Gasteiger partial charge in [-0.2, -0.15) is 0 Å². The lowest BCUT2D eigenvalue weighted by Gasteiger charge is -2.27. The zero-order valence-electron chi connectivity index (χ0n) is 18.7. The van der Waals surface area contributed by atoms with E-state index in [1.165, 1.54) is 16.3 Å². The maximum absolute atomic E-state index is 13.4. The van der Waals surface area contributed by atoms with E-state index in [9.17, 15) is 9.59 Å². The van der Waals surface area contributed by atoms with Gasteiger partial charge in [-0.1, -0.05) is 61.2 Å². The number of methoxy groups -OCH3 is 1. The average molecular weight is 436 g/mol. The van der Waals surface area contributed by atoms with Crippen LogP contribution in [0.25, 0.3) is 0 Å². The molecule has 0 spiro atoms. The summed E-state index contributed by atoms with van der Waals surface area (Å²) in [5.74, 6) is 0.492. The highest BCUT2D eigenvalue weighted by Gasteiger charge is 2.30. The van der Waals surface area contributed by atoms with E-state index in [1.807, 2.05) is 24.3 Å². The SMILES string of the molecule is COc1ccc(C(C(=O)Cc2ccc([Si](C)(C)C)cc2)N(C)C(=O)c2ccco2)cc1. The van der Waals surface area contributed by atoms with E-state index >= 15 is 0 Å². The molecule has 0 aliphatic rings. The van der Waals surface area contributed by atoms with Crippen molar-refractivity contribution in [2.75, 3.05) is 14.2 Å². The average Bonchev–Trinajstić information content (AvgIpc) is 3.28. The highest BCUT2D eigenvalue weighted by atomic mass is 28.3. The van der Waals surface area contributed by atoms with Crippen LogP contribution >= 0.6 is 0 Å². The molecule has 6 heteroatoms. The fourth-order valence-electron chi connectivity index (χ4n) is 3.52. The van der Waals surface area contributed by atoms with Gasteiger partial charge in [-0.3, -0.25) is 9.59 Å². The van der Waals surface area contributed by atoms with Crippen LogP contribution in [-0.2, 0) is 11.2 Å². The van der Waals surface area contributed by atoms with Gasteiger partial charge in [0.25, 0.3) is 5.91 Å². The minimum absolute atomic E-state index is 0.0617. The number of nitrogens with zero attached hydrogens (tertiary/aromatic N) is 1. The van der Waals surface area contributed by atoms with E-state index in [2.05, 4.69) is 31.8 Å². The van der Waals surface area contributed by atoms with Gasteiger partial charge in [0, 0.05) is 13.5 Å². The molecular weight excluding hydrogens is 406 g/mol. The van der Waals surface area contributed by atoms with Gasteiger partial charge < -0.3 is 14.1 Å². The maximum atomic E-state index is 13.4. The van der Waals surface area contributed by atoms with Gasteiger partial charge in [-0.05, 0) is 35.4 Å². The van der Waals surface area contributed by atoms with Gasteiger partial charge in [-0.15, -0.1) is 0 Å². The number of ether oxygens (including phenoxy) is 1. The van der Waals surface area contributed by atoms with Crippen LogP contribution in [0, 0.1) is 0 Å². The standard InChI is InChI=1S/C25H29NO4Si/c1-26(25(28)23-7-6-16-30-23)24(19-10-12-20(29-2)13-11-19)22(27)17-18-8-14-21(15-9-18)31(3,4)5/h6-16,24H,17H2,1-5H3. The van der Waals surface area contributed by atoms with Crippen molar-refractivity contribution < 1.29 is 18.7 Å². The van der Waals surface area contributed by atoms with Crippen molar-refractivity contribution in [3.63, 3.8) is 0 Å². The normalized spacial score (nSPS) is 12.3. The number of benzene rings is 2. The van der Waals surface area contributed by atoms with Crippen molar-refractivity contribution in [2.24, 2.45) is 0 Å². The molecule has 2 aromatic carbocycles. The van der Waals surface area contributed by atoms with E-state index in [1.54, 1.807) is 38.4 Å². The molecular formula is C25H29NO4Si. The first-order chi connectivity index (χ1) is 14.7. The third-order valence-electron chi connectivity index (χ3n) is 5.37. The van der Waals surface area contributed by atoms with Crippen molar-refractivity contribution in [1.29, 1.82) is 0 Å². The molecule has 1 heterocycles. The number of hydrogen-bond donors (Lipinski definition) is 0. The highest BCUT2D eigenvalue weighted by molar-refractivity contribution is 6.88. The Hall–Kier alpha value is -3.12. The topological polar surface area (TPSA) is 59.8 Å². The number of amides is 1. The molecule has 1 atom stereocenters. The molecule has 0 aliphatic carbocycles. The van der Waals surface area contributed by atoms with Crippen molar-refractivity contribution in [1.82, 2.24) is 4.90 Å². The Morgan fingerprint density at radius 3 is 2.16 bits per heavy atom. The highest BCUT2D eigenvalue weighted by Crippen LogP contribution is 2.26. The second-order valence-electron chi connectivity index (χ2n) is 8.66. The summed E-state index contributed by atoms with van der Waals surface area (Å²) in [6.45, 7) is 6.88. The van der Waals surface area contributed by atoms with Crippen LogP contribution in [0.4, 0.5) is 0 Å². The smallest absolute Gasteiger partial charge is 0.290 e. The number of ketones is 1. The van der Waals surface area contributed by atoms with Gasteiger partial charge in [0.2, 0.25) is 0 Å². The first-order valence-corrected chi connectivity index (χ1v) is 13.8. The van der Waals surface area contributed by atoms with Crippen molar-refractivity contribution in [3.8, 4) is 5.75 Å². The van der Waals surface area contributed by atoms with Crippen LogP contribution in [0.5, 0.6) is 5.75 Å². The zero-order valence-corrected chi connectivity index (χ0v) is 19.7. The summed E-state index contributed by atoms with van der Waals surface area (Å²) >= 11 is 0. The molecule has 0 fully saturated rings. The van der Waals surface area contributed by atoms with Crippen LogP contribution in [0.2, 0.25) is 19.6 Å². The fourth-order valence-corrected chi connectivity index (χ4v) is 4.69. The Morgan fingerprint density at radius 1 is 1.00 bits per heavy atom. The van der Waals surface area contributed by atoms with Crippen LogP contribution in [0.1, 0.15) is 27.7 Å². The summed E-state index contributed by atoms with van der Waals surface area (Å²) in [7, 11) is 1.82. The van der Waals surface area contributed by atoms with E-state index in [0.717, 1.165) is 11.1 Å². The third-order valence-corrected chi connectivity index (χ3v) is 7.44. The molecule has 3 rings (SSSR count). The second-order valence-corrected chi connectivity index (χ2v) is 13.7. The number of carbonyl (C=O) groups is 2. The van der Waals surface area contributed by atoms with Crippen LogP contribution in [0.15, 0.2) is 71.3 Å². The summed E-state index contributed by atoms with van der Waals surface area (Å²) in [4.78, 5) is 27.8. The fraction of sp³-hybridized carbons (Fsp3) is 0.280. The van der Waals surface area contributed by atoms with Crippen molar-refractivity contribution >= 4 is 25.0 Å². The van der Waals surface area contributed by atoms with E-state index < -0.39 is 14.1 Å². The molecule has 0 aliphatic heterocycles. The first-order valence-electron chi connectivity index (χ1n) is 10.3. The lowest BCUT2D eigenvalue weighted by atomic mass is 9.96. The third kappa shape index (κ3) is 5.33. The quantitative estimate of drug-likeness (QED) is 0.490. The number of hydrogen-bond acceptors (Lipinski definition) is 4. The van der Waals surface area contributed by atoms with Gasteiger partial charge in [0.05, 0.1) is 21.4 Å². The Morgan fingerprint density at radius 2 is 1.65 bits per heavy atom. The molecule has 31 heavy (non-hydrogen) atoms. The first kappa shape index (κ1) is 22.6. The molecule has 1 aromatic heterocycles. The maximum Gasteiger partial charge on any atom is 0.290 e. The molecule has 0 N–H and O–H groups in total. The molecule has 3 aromatic rings. The minimum Gasteiger partial charge on any atom is -0.497 e. The summed E-state index contributed by atoms with van der Waals surface area (Å²) in [5.41, 5.74) is 1.66. The summed E-state index contributed by atoms with van der Waals surface area (Å²) in [6.07, 6.45) is 1.68. The monoisotopic (exact) mass is 435 g/mol. The molecule has 1 unspecified atom stereocenters. The van der Waals surface area contributed by atoms with E-state index in [-0.39, 0.29) is 23.9 Å². The largest absolute Gasteiger partial charge is 0.497 e. The lowest BCUT2D eigenvalue weighted by Crippen LogP contribution is -2.37. The number of rotatable bonds is 8. The van der Waals surface area contributed by atoms with Gasteiger partial charge in [0.1, 0.15) is 11.8 Å². The van der Waals surface area contributed by atoms with Crippen molar-refractivity contribution in [2.45, 2.75) is 32.1 Å². The molecule has 0 radical (unpaired) electrons. The Labute approximate surface area is 184 Å². The Bertz CT molecular complexity index is 1020. The van der Waals surface area contributed by atoms with E-state index in [4.69, 9.17) is 9.15 Å². The minimum atomic E-state index is -1.40. The molecule has 1 amide bonds. The number of likely N-dealkylation sites (N-methyl/N-ethyl adjacent to an activating group) is 1. The Balaban J connectivity index is 1.89. The number of carbonyl (C=O) groups excluding carboxylic acids is 2. The van der Waals surface area contributed by atoms with Gasteiger partial charge >= 0.3 is 0 Å². The number of Topliss-reactive ketones (excluding diaryl/α,β-unsaturated/α-hetero) is 1. The van der Waals surface area contributed by atoms with Crippen LogP contribution in [0.3, 0.4) is 0 Å². The molecule has 0 saturated carbocycles. The lowest BCUT2D eigenvalue weighted by molar-refractivity contribution is -0.122. The molecule has 0 bridgehead atoms. The second kappa shape index (κ2) is 9.35. The van der Waals surface area contributed by atoms with Crippen molar-refractivity contribution in [3.05, 3.63) is 83.8 Å².